The highest BCUT2D eigenvalue weighted by Crippen LogP contribution is 2.22. The Morgan fingerprint density at radius 1 is 1.50 bits per heavy atom. The lowest BCUT2D eigenvalue weighted by molar-refractivity contribution is -0.116. The molecule has 1 fully saturated rings. The first kappa shape index (κ1) is 14.6. The molecule has 0 saturated carbocycles. The van der Waals surface area contributed by atoms with Gasteiger partial charge in [0, 0.05) is 19.7 Å². The molecule has 1 aliphatic heterocycles. The van der Waals surface area contributed by atoms with Crippen molar-refractivity contribution in [1.82, 2.24) is 4.57 Å². The topological polar surface area (TPSA) is 86.4 Å². The third-order valence-corrected chi connectivity index (χ3v) is 3.55. The van der Waals surface area contributed by atoms with Gasteiger partial charge in [-0.2, -0.15) is 0 Å². The van der Waals surface area contributed by atoms with E-state index in [1.807, 2.05) is 0 Å². The van der Waals surface area contributed by atoms with Crippen LogP contribution in [0.15, 0.2) is 12.3 Å². The number of amides is 2. The van der Waals surface area contributed by atoms with Crippen molar-refractivity contribution >= 4 is 17.5 Å². The fraction of sp³-hybridized carbons (Fsp3) is 0.571. The fourth-order valence-electron chi connectivity index (χ4n) is 2.49. The van der Waals surface area contributed by atoms with Crippen LogP contribution in [-0.4, -0.2) is 28.6 Å². The molecule has 0 radical (unpaired) electrons. The van der Waals surface area contributed by atoms with Crippen molar-refractivity contribution in [3.63, 3.8) is 0 Å². The van der Waals surface area contributed by atoms with Gasteiger partial charge < -0.3 is 20.4 Å². The van der Waals surface area contributed by atoms with Crippen molar-refractivity contribution in [2.24, 2.45) is 12.8 Å². The van der Waals surface area contributed by atoms with E-state index in [1.54, 1.807) is 23.9 Å². The minimum absolute atomic E-state index is 0.0743. The molecular weight excluding hydrogens is 258 g/mol. The molecule has 3 N–H and O–H groups in total. The Kier molecular flexibility index (Phi) is 4.44. The van der Waals surface area contributed by atoms with Crippen LogP contribution in [0.4, 0.5) is 5.69 Å². The van der Waals surface area contributed by atoms with Crippen molar-refractivity contribution in [2.45, 2.75) is 44.8 Å². The number of hydrogen-bond acceptors (Lipinski definition) is 3. The van der Waals surface area contributed by atoms with Crippen molar-refractivity contribution in [3.8, 4) is 0 Å². The van der Waals surface area contributed by atoms with E-state index in [4.69, 9.17) is 10.5 Å². The van der Waals surface area contributed by atoms with Gasteiger partial charge in [0.1, 0.15) is 5.69 Å². The summed E-state index contributed by atoms with van der Waals surface area (Å²) in [6.45, 7) is 2.05. The van der Waals surface area contributed by atoms with Crippen LogP contribution in [0.1, 0.15) is 43.1 Å². The average Bonchev–Trinajstić information content (AvgIpc) is 2.93. The van der Waals surface area contributed by atoms with E-state index in [2.05, 4.69) is 12.2 Å². The summed E-state index contributed by atoms with van der Waals surface area (Å²) in [6.07, 6.45) is 5.39. The Balaban J connectivity index is 1.82. The predicted molar refractivity (Wildman–Crippen MR) is 75.4 cm³/mol. The predicted octanol–water partition coefficient (Wildman–Crippen LogP) is 1.41. The summed E-state index contributed by atoms with van der Waals surface area (Å²) in [4.78, 5) is 23.0. The molecule has 2 rings (SSSR count). The number of rotatable bonds is 5. The third-order valence-electron chi connectivity index (χ3n) is 3.55. The second-order valence-electron chi connectivity index (χ2n) is 5.32. The van der Waals surface area contributed by atoms with E-state index in [0.29, 0.717) is 23.9 Å². The minimum atomic E-state index is -0.513. The first-order valence-electron chi connectivity index (χ1n) is 6.87. The Morgan fingerprint density at radius 3 is 2.80 bits per heavy atom. The summed E-state index contributed by atoms with van der Waals surface area (Å²) in [5, 5.41) is 2.77. The summed E-state index contributed by atoms with van der Waals surface area (Å²) < 4.78 is 7.27. The lowest BCUT2D eigenvalue weighted by Crippen LogP contribution is -2.15. The summed E-state index contributed by atoms with van der Waals surface area (Å²) >= 11 is 0. The van der Waals surface area contributed by atoms with Gasteiger partial charge in [0.25, 0.3) is 5.91 Å². The molecule has 0 bridgehead atoms. The van der Waals surface area contributed by atoms with Crippen LogP contribution in [0.2, 0.25) is 0 Å². The maximum atomic E-state index is 11.8. The molecule has 0 aliphatic carbocycles. The van der Waals surface area contributed by atoms with Crippen molar-refractivity contribution in [3.05, 3.63) is 18.0 Å². The number of carbonyl (C=O) groups is 2. The molecule has 2 heterocycles. The molecule has 1 aromatic rings. The van der Waals surface area contributed by atoms with E-state index in [1.165, 1.54) is 0 Å². The van der Waals surface area contributed by atoms with Crippen molar-refractivity contribution < 1.29 is 14.3 Å². The standard InChI is InChI=1S/C14H21N3O3/c1-9-3-4-11(20-9)5-6-13(18)16-10-7-12(14(15)19)17(2)8-10/h7-9,11H,3-6H2,1-2H3,(H2,15,19)(H,16,18). The van der Waals surface area contributed by atoms with Crippen LogP contribution in [0.3, 0.4) is 0 Å². The largest absolute Gasteiger partial charge is 0.375 e. The van der Waals surface area contributed by atoms with Gasteiger partial charge in [-0.1, -0.05) is 0 Å². The molecule has 110 valence electrons. The number of nitrogens with one attached hydrogen (secondary N) is 1. The second kappa shape index (κ2) is 6.09. The molecule has 2 amide bonds. The van der Waals surface area contributed by atoms with Crippen LogP contribution >= 0.6 is 0 Å². The maximum Gasteiger partial charge on any atom is 0.265 e. The number of anilines is 1. The number of primary amides is 1. The van der Waals surface area contributed by atoms with Gasteiger partial charge in [-0.25, -0.2) is 0 Å². The quantitative estimate of drug-likeness (QED) is 0.854. The molecule has 6 heteroatoms. The van der Waals surface area contributed by atoms with Gasteiger partial charge in [0.05, 0.1) is 17.9 Å². The number of aryl methyl sites for hydroxylation is 1. The number of nitrogens with zero attached hydrogens (tertiary/aromatic N) is 1. The first-order valence-corrected chi connectivity index (χ1v) is 6.87. The molecule has 0 spiro atoms. The summed E-state index contributed by atoms with van der Waals surface area (Å²) in [6, 6.07) is 1.58. The Labute approximate surface area is 118 Å². The maximum absolute atomic E-state index is 11.8. The molecule has 1 saturated heterocycles. The number of hydrogen-bond donors (Lipinski definition) is 2. The number of ether oxygens (including phenoxy) is 1. The third kappa shape index (κ3) is 3.60. The fourth-order valence-corrected chi connectivity index (χ4v) is 2.49. The highest BCUT2D eigenvalue weighted by molar-refractivity contribution is 5.95. The van der Waals surface area contributed by atoms with Gasteiger partial charge in [-0.15, -0.1) is 0 Å². The van der Waals surface area contributed by atoms with Crippen LogP contribution in [0.25, 0.3) is 0 Å². The molecule has 2 atom stereocenters. The zero-order chi connectivity index (χ0) is 14.7. The van der Waals surface area contributed by atoms with Crippen molar-refractivity contribution in [1.29, 1.82) is 0 Å². The minimum Gasteiger partial charge on any atom is -0.375 e. The molecular formula is C14H21N3O3. The summed E-state index contributed by atoms with van der Waals surface area (Å²) in [7, 11) is 1.71. The highest BCUT2D eigenvalue weighted by atomic mass is 16.5. The summed E-state index contributed by atoms with van der Waals surface area (Å²) in [5.41, 5.74) is 6.18. The lowest BCUT2D eigenvalue weighted by Gasteiger charge is -2.10. The van der Waals surface area contributed by atoms with Gasteiger partial charge >= 0.3 is 0 Å². The van der Waals surface area contributed by atoms with Crippen molar-refractivity contribution in [2.75, 3.05) is 5.32 Å². The zero-order valence-electron chi connectivity index (χ0n) is 11.9. The van der Waals surface area contributed by atoms with Gasteiger partial charge in [-0.05, 0) is 32.3 Å². The second-order valence-corrected chi connectivity index (χ2v) is 5.32. The van der Waals surface area contributed by atoms with Crippen LogP contribution < -0.4 is 11.1 Å². The van der Waals surface area contributed by atoms with Crippen LogP contribution in [0, 0.1) is 0 Å². The average molecular weight is 279 g/mol. The van der Waals surface area contributed by atoms with E-state index < -0.39 is 5.91 Å². The van der Waals surface area contributed by atoms with Crippen LogP contribution in [-0.2, 0) is 16.6 Å². The monoisotopic (exact) mass is 279 g/mol. The Bertz CT molecular complexity index is 510. The summed E-state index contributed by atoms with van der Waals surface area (Å²) in [5.74, 6) is -0.587. The van der Waals surface area contributed by atoms with Gasteiger partial charge in [0.15, 0.2) is 0 Å². The van der Waals surface area contributed by atoms with E-state index >= 15 is 0 Å². The molecule has 20 heavy (non-hydrogen) atoms. The SMILES string of the molecule is CC1CCC(CCC(=O)Nc2cc(C(N)=O)n(C)c2)O1. The van der Waals surface area contributed by atoms with E-state index in [0.717, 1.165) is 19.3 Å². The molecule has 1 aromatic heterocycles. The normalized spacial score (nSPS) is 21.9. The number of aromatic nitrogens is 1. The van der Waals surface area contributed by atoms with E-state index in [9.17, 15) is 9.59 Å². The van der Waals surface area contributed by atoms with Gasteiger partial charge in [0.2, 0.25) is 5.91 Å². The number of carbonyl (C=O) groups excluding carboxylic acids is 2. The zero-order valence-corrected chi connectivity index (χ0v) is 11.9. The Morgan fingerprint density at radius 2 is 2.25 bits per heavy atom. The molecule has 2 unspecified atom stereocenters. The van der Waals surface area contributed by atoms with Crippen LogP contribution in [0.5, 0.6) is 0 Å². The van der Waals surface area contributed by atoms with Gasteiger partial charge in [-0.3, -0.25) is 9.59 Å². The molecule has 1 aliphatic rings. The van der Waals surface area contributed by atoms with E-state index in [-0.39, 0.29) is 12.0 Å². The lowest BCUT2D eigenvalue weighted by atomic mass is 10.1. The smallest absolute Gasteiger partial charge is 0.265 e. The Hall–Kier alpha value is -1.82. The first-order chi connectivity index (χ1) is 9.45. The number of nitrogens with two attached hydrogens (primary N) is 1. The molecule has 0 aromatic carbocycles. The highest BCUT2D eigenvalue weighted by Gasteiger charge is 2.22. The molecule has 6 nitrogen and oxygen atoms in total.